The van der Waals surface area contributed by atoms with E-state index in [2.05, 4.69) is 38.0 Å². The van der Waals surface area contributed by atoms with Crippen LogP contribution >= 0.6 is 0 Å². The first-order valence-electron chi connectivity index (χ1n) is 8.74. The van der Waals surface area contributed by atoms with Gasteiger partial charge in [-0.2, -0.15) is 0 Å². The van der Waals surface area contributed by atoms with Crippen LogP contribution in [0.3, 0.4) is 0 Å². The lowest BCUT2D eigenvalue weighted by Crippen LogP contribution is -2.33. The number of nitrogens with one attached hydrogen (secondary N) is 1. The molecule has 1 amide bonds. The van der Waals surface area contributed by atoms with Crippen molar-refractivity contribution in [1.29, 1.82) is 0 Å². The second kappa shape index (κ2) is 8.10. The van der Waals surface area contributed by atoms with Crippen molar-refractivity contribution < 1.29 is 4.79 Å². The zero-order valence-electron chi connectivity index (χ0n) is 16.0. The third-order valence-electron chi connectivity index (χ3n) is 4.07. The predicted octanol–water partition coefficient (Wildman–Crippen LogP) is 3.68. The maximum Gasteiger partial charge on any atom is 0.256 e. The van der Waals surface area contributed by atoms with Crippen LogP contribution in [-0.4, -0.2) is 35.5 Å². The topological polar surface area (TPSA) is 58.1 Å². The number of benzene rings is 1. The molecule has 0 aliphatic heterocycles. The van der Waals surface area contributed by atoms with Crippen LogP contribution in [0.5, 0.6) is 0 Å². The van der Waals surface area contributed by atoms with Gasteiger partial charge in [0.05, 0.1) is 0 Å². The number of aryl methyl sites for hydroxylation is 1. The number of carbonyl (C=O) groups is 1. The van der Waals surface area contributed by atoms with Gasteiger partial charge in [-0.25, -0.2) is 9.97 Å². The number of carbonyl (C=O) groups excluding carboxylic acids is 1. The predicted molar refractivity (Wildman–Crippen MR) is 103 cm³/mol. The molecule has 1 heterocycles. The molecule has 134 valence electrons. The highest BCUT2D eigenvalue weighted by molar-refractivity contribution is 5.98. The molecular formula is C20H28N4O. The van der Waals surface area contributed by atoms with Gasteiger partial charge in [-0.05, 0) is 32.8 Å². The molecule has 2 rings (SSSR count). The van der Waals surface area contributed by atoms with Crippen molar-refractivity contribution in [2.75, 3.05) is 18.5 Å². The van der Waals surface area contributed by atoms with E-state index in [9.17, 15) is 4.79 Å². The third-order valence-corrected chi connectivity index (χ3v) is 4.07. The average molecular weight is 340 g/mol. The van der Waals surface area contributed by atoms with E-state index in [1.54, 1.807) is 6.20 Å². The van der Waals surface area contributed by atoms with Gasteiger partial charge in [0, 0.05) is 31.4 Å². The third kappa shape index (κ3) is 4.78. The van der Waals surface area contributed by atoms with Gasteiger partial charge >= 0.3 is 0 Å². The normalized spacial score (nSPS) is 11.0. The smallest absolute Gasteiger partial charge is 0.256 e. The van der Waals surface area contributed by atoms with E-state index in [1.807, 2.05) is 43.1 Å². The first-order chi connectivity index (χ1) is 11.8. The highest BCUT2D eigenvalue weighted by Gasteiger charge is 2.20. The summed E-state index contributed by atoms with van der Waals surface area (Å²) in [6, 6.07) is 8.28. The van der Waals surface area contributed by atoms with Crippen LogP contribution < -0.4 is 10.2 Å². The number of aromatic nitrogens is 2. The summed E-state index contributed by atoms with van der Waals surface area (Å²) in [6.07, 6.45) is 1.63. The molecule has 25 heavy (non-hydrogen) atoms. The minimum atomic E-state index is -0.132. The Morgan fingerprint density at radius 3 is 2.56 bits per heavy atom. The van der Waals surface area contributed by atoms with Crippen molar-refractivity contribution in [3.63, 3.8) is 0 Å². The van der Waals surface area contributed by atoms with Crippen molar-refractivity contribution in [2.24, 2.45) is 5.92 Å². The van der Waals surface area contributed by atoms with Crippen molar-refractivity contribution in [1.82, 2.24) is 15.3 Å². The van der Waals surface area contributed by atoms with Crippen molar-refractivity contribution in [3.8, 4) is 11.4 Å². The standard InChI is InChI=1S/C20H28N4O/c1-13(2)11-22-20(25)17-12-21-18(16-9-7-8-15(5)10-16)23-19(17)24(6)14(3)4/h7-10,12-14H,11H2,1-6H3,(H,22,25). The summed E-state index contributed by atoms with van der Waals surface area (Å²) in [4.78, 5) is 23.7. The zero-order valence-corrected chi connectivity index (χ0v) is 16.0. The van der Waals surface area contributed by atoms with Crippen LogP contribution in [0.15, 0.2) is 30.5 Å². The Bertz CT molecular complexity index is 740. The molecule has 1 aromatic carbocycles. The van der Waals surface area contributed by atoms with Gasteiger partial charge < -0.3 is 10.2 Å². The molecule has 0 bridgehead atoms. The highest BCUT2D eigenvalue weighted by atomic mass is 16.1. The number of hydrogen-bond acceptors (Lipinski definition) is 4. The van der Waals surface area contributed by atoms with Gasteiger partial charge in [0.1, 0.15) is 11.4 Å². The zero-order chi connectivity index (χ0) is 18.6. The minimum Gasteiger partial charge on any atom is -0.356 e. The van der Waals surface area contributed by atoms with E-state index < -0.39 is 0 Å². The second-order valence-corrected chi connectivity index (χ2v) is 7.11. The molecule has 5 heteroatoms. The fourth-order valence-electron chi connectivity index (χ4n) is 2.36. The summed E-state index contributed by atoms with van der Waals surface area (Å²) in [5.41, 5.74) is 2.61. The van der Waals surface area contributed by atoms with Gasteiger partial charge in [0.15, 0.2) is 5.82 Å². The Hall–Kier alpha value is -2.43. The Morgan fingerprint density at radius 2 is 1.96 bits per heavy atom. The Balaban J connectivity index is 2.44. The summed E-state index contributed by atoms with van der Waals surface area (Å²) < 4.78 is 0. The Labute approximate surface area is 150 Å². The molecule has 2 aromatic rings. The Morgan fingerprint density at radius 1 is 1.24 bits per heavy atom. The largest absolute Gasteiger partial charge is 0.356 e. The van der Waals surface area contributed by atoms with E-state index in [0.29, 0.717) is 29.7 Å². The van der Waals surface area contributed by atoms with Crippen LogP contribution in [-0.2, 0) is 0 Å². The van der Waals surface area contributed by atoms with Crippen molar-refractivity contribution >= 4 is 11.7 Å². The molecule has 0 spiro atoms. The molecule has 0 atom stereocenters. The molecule has 0 saturated heterocycles. The summed E-state index contributed by atoms with van der Waals surface area (Å²) >= 11 is 0. The fourth-order valence-corrected chi connectivity index (χ4v) is 2.36. The lowest BCUT2D eigenvalue weighted by molar-refractivity contribution is 0.0949. The van der Waals surface area contributed by atoms with E-state index in [4.69, 9.17) is 4.98 Å². The number of rotatable bonds is 6. The lowest BCUT2D eigenvalue weighted by Gasteiger charge is -2.25. The average Bonchev–Trinajstić information content (AvgIpc) is 2.58. The van der Waals surface area contributed by atoms with Gasteiger partial charge in [0.25, 0.3) is 5.91 Å². The minimum absolute atomic E-state index is 0.132. The maximum atomic E-state index is 12.6. The SMILES string of the molecule is Cc1cccc(-c2ncc(C(=O)NCC(C)C)c(N(C)C(C)C)n2)c1. The lowest BCUT2D eigenvalue weighted by atomic mass is 10.1. The van der Waals surface area contributed by atoms with Gasteiger partial charge in [-0.1, -0.05) is 37.6 Å². The van der Waals surface area contributed by atoms with E-state index >= 15 is 0 Å². The summed E-state index contributed by atoms with van der Waals surface area (Å²) in [5.74, 6) is 1.55. The fraction of sp³-hybridized carbons (Fsp3) is 0.450. The van der Waals surface area contributed by atoms with Crippen LogP contribution in [0.2, 0.25) is 0 Å². The number of hydrogen-bond donors (Lipinski definition) is 1. The Kier molecular flexibility index (Phi) is 6.12. The van der Waals surface area contributed by atoms with Gasteiger partial charge in [-0.3, -0.25) is 4.79 Å². The van der Waals surface area contributed by atoms with Gasteiger partial charge in [0.2, 0.25) is 0 Å². The van der Waals surface area contributed by atoms with Crippen molar-refractivity contribution in [3.05, 3.63) is 41.6 Å². The number of anilines is 1. The highest BCUT2D eigenvalue weighted by Crippen LogP contribution is 2.23. The molecule has 1 N–H and O–H groups in total. The second-order valence-electron chi connectivity index (χ2n) is 7.11. The van der Waals surface area contributed by atoms with Crippen LogP contribution in [0.25, 0.3) is 11.4 Å². The molecule has 0 aliphatic carbocycles. The van der Waals surface area contributed by atoms with Crippen LogP contribution in [0, 0.1) is 12.8 Å². The monoisotopic (exact) mass is 340 g/mol. The maximum absolute atomic E-state index is 12.6. The van der Waals surface area contributed by atoms with E-state index in [1.165, 1.54) is 0 Å². The molecule has 0 unspecified atom stereocenters. The summed E-state index contributed by atoms with van der Waals surface area (Å²) in [5, 5.41) is 2.96. The number of amides is 1. The molecule has 0 radical (unpaired) electrons. The van der Waals surface area contributed by atoms with Gasteiger partial charge in [-0.15, -0.1) is 0 Å². The van der Waals surface area contributed by atoms with E-state index in [-0.39, 0.29) is 11.9 Å². The first-order valence-corrected chi connectivity index (χ1v) is 8.74. The molecule has 5 nitrogen and oxygen atoms in total. The van der Waals surface area contributed by atoms with E-state index in [0.717, 1.165) is 11.1 Å². The summed E-state index contributed by atoms with van der Waals surface area (Å²) in [7, 11) is 1.95. The van der Waals surface area contributed by atoms with Crippen LogP contribution in [0.4, 0.5) is 5.82 Å². The van der Waals surface area contributed by atoms with Crippen molar-refractivity contribution in [2.45, 2.75) is 40.7 Å². The molecular weight excluding hydrogens is 312 g/mol. The first kappa shape index (κ1) is 18.9. The number of nitrogens with zero attached hydrogens (tertiary/aromatic N) is 3. The quantitative estimate of drug-likeness (QED) is 0.871. The molecule has 0 saturated carbocycles. The van der Waals surface area contributed by atoms with Crippen LogP contribution in [0.1, 0.15) is 43.6 Å². The molecule has 0 aliphatic rings. The summed E-state index contributed by atoms with van der Waals surface area (Å²) in [6.45, 7) is 11.0. The molecule has 1 aromatic heterocycles. The molecule has 0 fully saturated rings.